The maximum absolute atomic E-state index is 14.2. The minimum atomic E-state index is -8.60. The van der Waals surface area contributed by atoms with E-state index in [0.717, 1.165) is 0 Å². The molecule has 0 amide bonds. The molecule has 0 saturated carbocycles. The van der Waals surface area contributed by atoms with Gasteiger partial charge in [-0.1, -0.05) is 0 Å². The summed E-state index contributed by atoms with van der Waals surface area (Å²) in [6.45, 7) is 0.473. The number of aliphatic carboxylic acids is 1. The van der Waals surface area contributed by atoms with Gasteiger partial charge in [0.05, 0.1) is 6.10 Å². The summed E-state index contributed by atoms with van der Waals surface area (Å²) in [7, 11) is 0. The standard InChI is InChI=1S/C14H11F15O3/c1-4(30)3-6(5(2)7(31)32)8(15,16)10(18,19)12(22,23)11(20,21)9(17,13(24,25)26)14(27,28)29/h4,30H,3H2,1-2H3,(H,31,32)/b6-5+. The minimum absolute atomic E-state index is 0.00516. The normalized spacial score (nSPS) is 17.2. The molecular weight excluding hydrogens is 501 g/mol. The van der Waals surface area contributed by atoms with Gasteiger partial charge in [-0.15, -0.1) is 0 Å². The van der Waals surface area contributed by atoms with E-state index in [9.17, 15) is 70.7 Å². The Bertz CT molecular complexity index is 731. The van der Waals surface area contributed by atoms with Crippen LogP contribution in [0.4, 0.5) is 65.9 Å². The number of carboxylic acids is 1. The summed E-state index contributed by atoms with van der Waals surface area (Å²) < 4.78 is 199. The highest BCUT2D eigenvalue weighted by Gasteiger charge is 2.95. The van der Waals surface area contributed by atoms with Crippen LogP contribution in [0.3, 0.4) is 0 Å². The number of alkyl halides is 15. The molecule has 0 aliphatic carbocycles. The zero-order chi connectivity index (χ0) is 26.5. The fourth-order valence-electron chi connectivity index (χ4n) is 2.26. The second kappa shape index (κ2) is 8.16. The monoisotopic (exact) mass is 512 g/mol. The van der Waals surface area contributed by atoms with Crippen molar-refractivity contribution in [2.45, 2.75) is 68.1 Å². The van der Waals surface area contributed by atoms with Crippen LogP contribution < -0.4 is 0 Å². The molecule has 0 rings (SSSR count). The lowest BCUT2D eigenvalue weighted by atomic mass is 9.82. The van der Waals surface area contributed by atoms with Crippen LogP contribution in [0.15, 0.2) is 11.1 Å². The third-order valence-corrected chi connectivity index (χ3v) is 4.05. The van der Waals surface area contributed by atoms with Crippen LogP contribution in [0.1, 0.15) is 20.3 Å². The van der Waals surface area contributed by atoms with E-state index in [4.69, 9.17) is 10.2 Å². The van der Waals surface area contributed by atoms with E-state index in [1.165, 1.54) is 0 Å². The average molecular weight is 512 g/mol. The Kier molecular flexibility index (Phi) is 7.68. The molecule has 3 nitrogen and oxygen atoms in total. The summed E-state index contributed by atoms with van der Waals surface area (Å²) in [5.74, 6) is -34.5. The largest absolute Gasteiger partial charge is 0.478 e. The van der Waals surface area contributed by atoms with Crippen molar-refractivity contribution in [3.05, 3.63) is 11.1 Å². The van der Waals surface area contributed by atoms with Gasteiger partial charge in [0, 0.05) is 17.6 Å². The molecule has 0 bridgehead atoms. The first-order valence-corrected chi connectivity index (χ1v) is 7.61. The Hall–Kier alpha value is -1.88. The topological polar surface area (TPSA) is 57.5 Å². The summed E-state index contributed by atoms with van der Waals surface area (Å²) in [4.78, 5) is 10.8. The van der Waals surface area contributed by atoms with Crippen LogP contribution in [0.5, 0.6) is 0 Å². The minimum Gasteiger partial charge on any atom is -0.478 e. The van der Waals surface area contributed by atoms with Crippen LogP contribution in [0, 0.1) is 0 Å². The summed E-state index contributed by atoms with van der Waals surface area (Å²) in [5.41, 5.74) is -13.2. The molecule has 0 aliphatic rings. The molecule has 0 spiro atoms. The Balaban J connectivity index is 7.22. The molecule has 190 valence electrons. The summed E-state index contributed by atoms with van der Waals surface area (Å²) in [6, 6.07) is 0. The maximum atomic E-state index is 14.2. The molecule has 32 heavy (non-hydrogen) atoms. The van der Waals surface area contributed by atoms with Crippen molar-refractivity contribution >= 4 is 5.97 Å². The first-order valence-electron chi connectivity index (χ1n) is 7.61. The van der Waals surface area contributed by atoms with Crippen molar-refractivity contribution < 1.29 is 80.9 Å². The Labute approximate surface area is 167 Å². The Morgan fingerprint density at radius 3 is 1.31 bits per heavy atom. The van der Waals surface area contributed by atoms with Crippen LogP contribution in [0.25, 0.3) is 0 Å². The van der Waals surface area contributed by atoms with Gasteiger partial charge in [-0.2, -0.15) is 61.5 Å². The van der Waals surface area contributed by atoms with Gasteiger partial charge in [-0.3, -0.25) is 0 Å². The number of rotatable bonds is 8. The van der Waals surface area contributed by atoms with Crippen molar-refractivity contribution in [1.82, 2.24) is 0 Å². The molecular formula is C14H11F15O3. The Morgan fingerprint density at radius 2 is 1.06 bits per heavy atom. The molecule has 1 atom stereocenters. The van der Waals surface area contributed by atoms with Gasteiger partial charge in [0.15, 0.2) is 0 Å². The van der Waals surface area contributed by atoms with Crippen molar-refractivity contribution in [2.75, 3.05) is 0 Å². The number of carbonyl (C=O) groups is 1. The number of aliphatic hydroxyl groups is 1. The molecule has 0 saturated heterocycles. The van der Waals surface area contributed by atoms with Crippen molar-refractivity contribution in [3.8, 4) is 0 Å². The molecule has 0 aromatic rings. The zero-order valence-corrected chi connectivity index (χ0v) is 15.3. The fourth-order valence-corrected chi connectivity index (χ4v) is 2.26. The van der Waals surface area contributed by atoms with Gasteiger partial charge in [0.2, 0.25) is 0 Å². The highest BCUT2D eigenvalue weighted by Crippen LogP contribution is 2.64. The molecule has 0 aromatic heterocycles. The van der Waals surface area contributed by atoms with E-state index >= 15 is 0 Å². The summed E-state index contributed by atoms with van der Waals surface area (Å²) in [6.07, 6.45) is -20.4. The smallest absolute Gasteiger partial charge is 0.438 e. The molecule has 0 aliphatic heterocycles. The first-order chi connectivity index (χ1) is 13.7. The van der Waals surface area contributed by atoms with Crippen molar-refractivity contribution in [3.63, 3.8) is 0 Å². The van der Waals surface area contributed by atoms with E-state index < -0.39 is 71.4 Å². The number of halogens is 15. The second-order valence-corrected chi connectivity index (χ2v) is 6.41. The molecule has 0 fully saturated rings. The highest BCUT2D eigenvalue weighted by molar-refractivity contribution is 5.87. The van der Waals surface area contributed by atoms with E-state index in [2.05, 4.69) is 0 Å². The SMILES string of the molecule is C/C(C(=O)O)=C(/CC(C)O)C(F)(F)C(F)(F)C(F)(F)C(F)(F)C(F)(C(F)(F)F)C(F)(F)F. The zero-order valence-electron chi connectivity index (χ0n) is 15.3. The lowest BCUT2D eigenvalue weighted by Crippen LogP contribution is -2.75. The van der Waals surface area contributed by atoms with E-state index in [0.29, 0.717) is 6.92 Å². The third kappa shape index (κ3) is 4.21. The van der Waals surface area contributed by atoms with Gasteiger partial charge in [-0.25, -0.2) is 9.18 Å². The third-order valence-electron chi connectivity index (χ3n) is 4.05. The van der Waals surface area contributed by atoms with Gasteiger partial charge >= 0.3 is 47.7 Å². The molecule has 0 aromatic carbocycles. The lowest BCUT2D eigenvalue weighted by molar-refractivity contribution is -0.455. The van der Waals surface area contributed by atoms with Crippen molar-refractivity contribution in [1.29, 1.82) is 0 Å². The van der Waals surface area contributed by atoms with E-state index in [1.54, 1.807) is 0 Å². The quantitative estimate of drug-likeness (QED) is 0.332. The van der Waals surface area contributed by atoms with Crippen LogP contribution in [-0.2, 0) is 4.79 Å². The van der Waals surface area contributed by atoms with Crippen LogP contribution >= 0.6 is 0 Å². The van der Waals surface area contributed by atoms with Crippen LogP contribution in [0.2, 0.25) is 0 Å². The highest BCUT2D eigenvalue weighted by atomic mass is 19.4. The number of hydrogen-bond donors (Lipinski definition) is 2. The van der Waals surface area contributed by atoms with Gasteiger partial charge in [0.25, 0.3) is 0 Å². The second-order valence-electron chi connectivity index (χ2n) is 6.41. The molecule has 0 heterocycles. The fraction of sp³-hybridized carbons (Fsp3) is 0.786. The molecule has 0 radical (unpaired) electrons. The maximum Gasteiger partial charge on any atom is 0.438 e. The van der Waals surface area contributed by atoms with Gasteiger partial charge in [-0.05, 0) is 13.8 Å². The predicted molar refractivity (Wildman–Crippen MR) is 72.4 cm³/mol. The van der Waals surface area contributed by atoms with Crippen molar-refractivity contribution in [2.24, 2.45) is 0 Å². The number of aliphatic hydroxyl groups excluding tert-OH is 1. The van der Waals surface area contributed by atoms with Gasteiger partial charge in [0.1, 0.15) is 0 Å². The number of hydrogen-bond acceptors (Lipinski definition) is 2. The average Bonchev–Trinajstić information content (AvgIpc) is 2.54. The Morgan fingerprint density at radius 1 is 0.719 bits per heavy atom. The van der Waals surface area contributed by atoms with Crippen LogP contribution in [-0.4, -0.2) is 64.0 Å². The van der Waals surface area contributed by atoms with E-state index in [-0.39, 0.29) is 6.92 Å². The number of carboxylic acid groups (broad SMARTS) is 1. The molecule has 18 heteroatoms. The summed E-state index contributed by atoms with van der Waals surface area (Å²) >= 11 is 0. The van der Waals surface area contributed by atoms with Gasteiger partial charge < -0.3 is 10.2 Å². The molecule has 2 N–H and O–H groups in total. The van der Waals surface area contributed by atoms with E-state index in [1.807, 2.05) is 0 Å². The molecule has 1 unspecified atom stereocenters. The summed E-state index contributed by atoms with van der Waals surface area (Å²) in [5, 5.41) is 17.6. The lowest BCUT2D eigenvalue weighted by Gasteiger charge is -2.43. The predicted octanol–water partition coefficient (Wildman–Crippen LogP) is 5.53. The first kappa shape index (κ1) is 30.1.